The lowest BCUT2D eigenvalue weighted by Gasteiger charge is -2.33. The van der Waals surface area contributed by atoms with Crippen LogP contribution in [0.4, 0.5) is 0 Å². The fourth-order valence-electron chi connectivity index (χ4n) is 2.38. The van der Waals surface area contributed by atoms with Crippen LogP contribution in [-0.2, 0) is 4.79 Å². The molecule has 1 unspecified atom stereocenters. The number of nitrogens with zero attached hydrogens (tertiary/aromatic N) is 1. The van der Waals surface area contributed by atoms with Crippen LogP contribution in [0, 0.1) is 17.3 Å². The zero-order chi connectivity index (χ0) is 13.9. The molecule has 0 aromatic heterocycles. The van der Waals surface area contributed by atoms with Gasteiger partial charge in [-0.2, -0.15) is 0 Å². The van der Waals surface area contributed by atoms with E-state index in [4.69, 9.17) is 5.73 Å². The SMILES string of the molecule is CC(C)N(CC1CC1)C(=O)C(CN)CC(C)(C)C. The summed E-state index contributed by atoms with van der Waals surface area (Å²) in [4.78, 5) is 14.6. The molecule has 0 spiro atoms. The van der Waals surface area contributed by atoms with Gasteiger partial charge in [0.2, 0.25) is 5.91 Å². The van der Waals surface area contributed by atoms with Crippen molar-refractivity contribution in [3.05, 3.63) is 0 Å². The van der Waals surface area contributed by atoms with Crippen LogP contribution in [0.25, 0.3) is 0 Å². The number of nitrogens with two attached hydrogens (primary N) is 1. The Kier molecular flexibility index (Phi) is 5.20. The first-order valence-corrected chi connectivity index (χ1v) is 7.25. The third kappa shape index (κ3) is 4.97. The van der Waals surface area contributed by atoms with Crippen molar-refractivity contribution in [1.29, 1.82) is 0 Å². The summed E-state index contributed by atoms with van der Waals surface area (Å²) < 4.78 is 0. The smallest absolute Gasteiger partial charge is 0.227 e. The van der Waals surface area contributed by atoms with E-state index in [1.54, 1.807) is 0 Å². The Balaban J connectivity index is 2.65. The minimum Gasteiger partial charge on any atom is -0.340 e. The highest BCUT2D eigenvalue weighted by Gasteiger charge is 2.32. The molecule has 1 aliphatic rings. The minimum absolute atomic E-state index is 0.0221. The van der Waals surface area contributed by atoms with Gasteiger partial charge in [-0.15, -0.1) is 0 Å². The van der Waals surface area contributed by atoms with Gasteiger partial charge in [-0.25, -0.2) is 0 Å². The number of carbonyl (C=O) groups is 1. The van der Waals surface area contributed by atoms with Crippen molar-refractivity contribution in [2.75, 3.05) is 13.1 Å². The normalized spacial score (nSPS) is 17.9. The van der Waals surface area contributed by atoms with Crippen molar-refractivity contribution in [2.24, 2.45) is 23.0 Å². The van der Waals surface area contributed by atoms with Crippen molar-refractivity contribution in [2.45, 2.75) is 59.9 Å². The van der Waals surface area contributed by atoms with Crippen molar-refractivity contribution in [3.8, 4) is 0 Å². The van der Waals surface area contributed by atoms with Crippen molar-refractivity contribution in [1.82, 2.24) is 4.90 Å². The van der Waals surface area contributed by atoms with Crippen LogP contribution in [-0.4, -0.2) is 29.9 Å². The van der Waals surface area contributed by atoms with Gasteiger partial charge in [0.05, 0.1) is 5.92 Å². The molecular formula is C15H30N2O. The summed E-state index contributed by atoms with van der Waals surface area (Å²) in [5.41, 5.74) is 5.97. The van der Waals surface area contributed by atoms with E-state index in [0.29, 0.717) is 6.54 Å². The second-order valence-corrected chi connectivity index (χ2v) is 7.23. The highest BCUT2D eigenvalue weighted by atomic mass is 16.2. The molecule has 1 fully saturated rings. The molecule has 3 nitrogen and oxygen atoms in total. The monoisotopic (exact) mass is 254 g/mol. The number of rotatable bonds is 6. The maximum Gasteiger partial charge on any atom is 0.227 e. The maximum absolute atomic E-state index is 12.6. The molecule has 1 rings (SSSR count). The Labute approximate surface area is 112 Å². The van der Waals surface area contributed by atoms with Crippen LogP contribution in [0.2, 0.25) is 0 Å². The molecule has 0 bridgehead atoms. The van der Waals surface area contributed by atoms with E-state index in [-0.39, 0.29) is 23.3 Å². The lowest BCUT2D eigenvalue weighted by molar-refractivity contribution is -0.138. The molecule has 18 heavy (non-hydrogen) atoms. The molecule has 3 heteroatoms. The Morgan fingerprint density at radius 2 is 1.89 bits per heavy atom. The molecule has 0 heterocycles. The first-order valence-electron chi connectivity index (χ1n) is 7.25. The highest BCUT2D eigenvalue weighted by molar-refractivity contribution is 5.79. The predicted octanol–water partition coefficient (Wildman–Crippen LogP) is 2.64. The van der Waals surface area contributed by atoms with Crippen LogP contribution in [0.1, 0.15) is 53.9 Å². The Morgan fingerprint density at radius 1 is 1.33 bits per heavy atom. The summed E-state index contributed by atoms with van der Waals surface area (Å²) in [6, 6.07) is 0.284. The van der Waals surface area contributed by atoms with Gasteiger partial charge in [-0.05, 0) is 44.4 Å². The summed E-state index contributed by atoms with van der Waals surface area (Å²) in [5, 5.41) is 0. The fourth-order valence-corrected chi connectivity index (χ4v) is 2.38. The molecule has 0 aromatic carbocycles. The summed E-state index contributed by atoms with van der Waals surface area (Å²) in [5.74, 6) is 0.977. The van der Waals surface area contributed by atoms with Gasteiger partial charge in [0.25, 0.3) is 0 Å². The van der Waals surface area contributed by atoms with Gasteiger partial charge in [0.15, 0.2) is 0 Å². The van der Waals surface area contributed by atoms with E-state index in [1.165, 1.54) is 12.8 Å². The molecule has 1 amide bonds. The lowest BCUT2D eigenvalue weighted by Crippen LogP contribution is -2.45. The number of hydrogen-bond acceptors (Lipinski definition) is 2. The third-order valence-electron chi connectivity index (χ3n) is 3.55. The van der Waals surface area contributed by atoms with E-state index in [9.17, 15) is 4.79 Å². The average molecular weight is 254 g/mol. The van der Waals surface area contributed by atoms with E-state index >= 15 is 0 Å². The number of carbonyl (C=O) groups excluding carboxylic acids is 1. The molecule has 2 N–H and O–H groups in total. The fraction of sp³-hybridized carbons (Fsp3) is 0.933. The Bertz CT molecular complexity index is 277. The van der Waals surface area contributed by atoms with E-state index < -0.39 is 0 Å². The summed E-state index contributed by atoms with van der Waals surface area (Å²) in [6.07, 6.45) is 3.43. The lowest BCUT2D eigenvalue weighted by atomic mass is 9.84. The summed E-state index contributed by atoms with van der Waals surface area (Å²) in [7, 11) is 0. The van der Waals surface area contributed by atoms with Gasteiger partial charge < -0.3 is 10.6 Å². The number of hydrogen-bond donors (Lipinski definition) is 1. The molecule has 0 aliphatic heterocycles. The van der Waals surface area contributed by atoms with E-state index in [2.05, 4.69) is 34.6 Å². The van der Waals surface area contributed by atoms with Gasteiger partial charge in [0.1, 0.15) is 0 Å². The topological polar surface area (TPSA) is 46.3 Å². The maximum atomic E-state index is 12.6. The van der Waals surface area contributed by atoms with Gasteiger partial charge in [-0.3, -0.25) is 4.79 Å². The average Bonchev–Trinajstić information content (AvgIpc) is 3.03. The molecule has 1 atom stereocenters. The molecule has 106 valence electrons. The molecule has 0 saturated heterocycles. The second kappa shape index (κ2) is 6.05. The van der Waals surface area contributed by atoms with Crippen molar-refractivity contribution >= 4 is 5.91 Å². The molecule has 1 saturated carbocycles. The zero-order valence-electron chi connectivity index (χ0n) is 12.7. The second-order valence-electron chi connectivity index (χ2n) is 7.23. The van der Waals surface area contributed by atoms with Crippen molar-refractivity contribution < 1.29 is 4.79 Å². The van der Waals surface area contributed by atoms with E-state index in [1.807, 2.05) is 4.90 Å². The third-order valence-corrected chi connectivity index (χ3v) is 3.55. The molecule has 1 aliphatic carbocycles. The summed E-state index contributed by atoms with van der Waals surface area (Å²) >= 11 is 0. The quantitative estimate of drug-likeness (QED) is 0.792. The molecule has 0 radical (unpaired) electrons. The molecular weight excluding hydrogens is 224 g/mol. The van der Waals surface area contributed by atoms with Crippen LogP contribution in [0.15, 0.2) is 0 Å². The number of amides is 1. The standard InChI is InChI=1S/C15H30N2O/c1-11(2)17(10-12-6-7-12)14(18)13(9-16)8-15(3,4)5/h11-13H,6-10,16H2,1-5H3. The first-order chi connectivity index (χ1) is 8.24. The van der Waals surface area contributed by atoms with E-state index in [0.717, 1.165) is 18.9 Å². The zero-order valence-corrected chi connectivity index (χ0v) is 12.7. The van der Waals surface area contributed by atoms with Crippen LogP contribution < -0.4 is 5.73 Å². The van der Waals surface area contributed by atoms with Gasteiger partial charge in [-0.1, -0.05) is 20.8 Å². The Morgan fingerprint density at radius 3 is 2.22 bits per heavy atom. The highest BCUT2D eigenvalue weighted by Crippen LogP contribution is 2.32. The molecule has 0 aromatic rings. The Hall–Kier alpha value is -0.570. The largest absolute Gasteiger partial charge is 0.340 e. The summed E-state index contributed by atoms with van der Waals surface area (Å²) in [6.45, 7) is 12.1. The predicted molar refractivity (Wildman–Crippen MR) is 76.2 cm³/mol. The van der Waals surface area contributed by atoms with Crippen LogP contribution in [0.3, 0.4) is 0 Å². The van der Waals surface area contributed by atoms with Gasteiger partial charge >= 0.3 is 0 Å². The first kappa shape index (κ1) is 15.5. The van der Waals surface area contributed by atoms with Crippen LogP contribution >= 0.6 is 0 Å². The minimum atomic E-state index is -0.0221. The van der Waals surface area contributed by atoms with Gasteiger partial charge in [0, 0.05) is 19.1 Å². The van der Waals surface area contributed by atoms with Crippen molar-refractivity contribution in [3.63, 3.8) is 0 Å². The van der Waals surface area contributed by atoms with Crippen LogP contribution in [0.5, 0.6) is 0 Å².